The molecular weight excluding hydrogens is 279 g/mol. The fourth-order valence-electron chi connectivity index (χ4n) is 2.77. The van der Waals surface area contributed by atoms with Crippen molar-refractivity contribution in [2.75, 3.05) is 12.3 Å². The molecule has 1 aliphatic heterocycles. The number of hydrogen-bond acceptors (Lipinski definition) is 3. The normalized spacial score (nSPS) is 21.1. The highest BCUT2D eigenvalue weighted by atomic mass is 32.2. The van der Waals surface area contributed by atoms with E-state index in [9.17, 15) is 12.8 Å². The van der Waals surface area contributed by atoms with Gasteiger partial charge < -0.3 is 5.73 Å². The van der Waals surface area contributed by atoms with E-state index in [0.29, 0.717) is 6.54 Å². The van der Waals surface area contributed by atoms with Gasteiger partial charge in [-0.2, -0.15) is 4.31 Å². The summed E-state index contributed by atoms with van der Waals surface area (Å²) in [5, 5.41) is 0. The topological polar surface area (TPSA) is 63.4 Å². The molecule has 6 heteroatoms. The second-order valence-corrected chi connectivity index (χ2v) is 7.16. The highest BCUT2D eigenvalue weighted by molar-refractivity contribution is 7.89. The Morgan fingerprint density at radius 3 is 2.75 bits per heavy atom. The molecule has 1 atom stereocenters. The first-order valence-corrected chi connectivity index (χ1v) is 8.39. The molecule has 0 spiro atoms. The van der Waals surface area contributed by atoms with Gasteiger partial charge in [0.1, 0.15) is 5.82 Å². The van der Waals surface area contributed by atoms with E-state index in [2.05, 4.69) is 0 Å². The average Bonchev–Trinajstić information content (AvgIpc) is 2.42. The van der Waals surface area contributed by atoms with Crippen molar-refractivity contribution < 1.29 is 12.8 Å². The number of halogens is 1. The number of benzene rings is 1. The van der Waals surface area contributed by atoms with Crippen molar-refractivity contribution in [1.29, 1.82) is 0 Å². The second kappa shape index (κ2) is 5.69. The zero-order chi connectivity index (χ0) is 14.9. The van der Waals surface area contributed by atoms with Crippen LogP contribution < -0.4 is 5.73 Å². The number of nitrogens with zero attached hydrogens (tertiary/aromatic N) is 1. The largest absolute Gasteiger partial charge is 0.399 e. The second-order valence-electron chi connectivity index (χ2n) is 5.30. The summed E-state index contributed by atoms with van der Waals surface area (Å²) in [6.07, 6.45) is 3.51. The molecule has 1 fully saturated rings. The van der Waals surface area contributed by atoms with E-state index < -0.39 is 15.8 Å². The van der Waals surface area contributed by atoms with E-state index >= 15 is 0 Å². The van der Waals surface area contributed by atoms with E-state index in [1.54, 1.807) is 0 Å². The fourth-order valence-corrected chi connectivity index (χ4v) is 4.80. The lowest BCUT2D eigenvalue weighted by atomic mass is 10.0. The molecule has 0 radical (unpaired) electrons. The number of nitrogen functional groups attached to an aromatic ring is 1. The third-order valence-corrected chi connectivity index (χ3v) is 6.03. The summed E-state index contributed by atoms with van der Waals surface area (Å²) in [5.74, 6) is -0.575. The Hall–Kier alpha value is -1.14. The number of anilines is 1. The Balaban J connectivity index is 2.49. The van der Waals surface area contributed by atoms with Crippen molar-refractivity contribution in [3.63, 3.8) is 0 Å². The summed E-state index contributed by atoms with van der Waals surface area (Å²) >= 11 is 0. The van der Waals surface area contributed by atoms with Crippen molar-refractivity contribution in [2.24, 2.45) is 0 Å². The maximum Gasteiger partial charge on any atom is 0.243 e. The van der Waals surface area contributed by atoms with Crippen LogP contribution in [0.25, 0.3) is 0 Å². The molecule has 1 unspecified atom stereocenters. The molecule has 20 heavy (non-hydrogen) atoms. The van der Waals surface area contributed by atoms with Gasteiger partial charge >= 0.3 is 0 Å². The third-order valence-electron chi connectivity index (χ3n) is 3.95. The molecule has 0 aromatic heterocycles. The zero-order valence-corrected chi connectivity index (χ0v) is 12.7. The maximum absolute atomic E-state index is 13.8. The zero-order valence-electron chi connectivity index (χ0n) is 11.9. The van der Waals surface area contributed by atoms with Crippen molar-refractivity contribution in [2.45, 2.75) is 50.5 Å². The molecule has 4 nitrogen and oxygen atoms in total. The van der Waals surface area contributed by atoms with Crippen LogP contribution in [0, 0.1) is 12.7 Å². The van der Waals surface area contributed by atoms with Gasteiger partial charge in [-0.1, -0.05) is 13.3 Å². The van der Waals surface area contributed by atoms with Gasteiger partial charge in [0.25, 0.3) is 0 Å². The molecule has 0 bridgehead atoms. The van der Waals surface area contributed by atoms with Gasteiger partial charge in [-0.15, -0.1) is 0 Å². The summed E-state index contributed by atoms with van der Waals surface area (Å²) in [6, 6.07) is 2.51. The molecule has 1 aromatic rings. The third kappa shape index (κ3) is 2.67. The molecule has 1 saturated heterocycles. The van der Waals surface area contributed by atoms with E-state index in [-0.39, 0.29) is 22.2 Å². The molecule has 2 rings (SSSR count). The van der Waals surface area contributed by atoms with Crippen LogP contribution in [0.1, 0.15) is 38.2 Å². The minimum absolute atomic E-state index is 0.00218. The number of piperidine rings is 1. The van der Waals surface area contributed by atoms with Crippen LogP contribution in [0.3, 0.4) is 0 Å². The average molecular weight is 300 g/mol. The van der Waals surface area contributed by atoms with Crippen LogP contribution in [0.4, 0.5) is 10.1 Å². The monoisotopic (exact) mass is 300 g/mol. The first-order chi connectivity index (χ1) is 9.37. The Kier molecular flexibility index (Phi) is 4.34. The van der Waals surface area contributed by atoms with E-state index in [4.69, 9.17) is 5.73 Å². The van der Waals surface area contributed by atoms with Crippen molar-refractivity contribution in [3.05, 3.63) is 23.5 Å². The number of sulfonamides is 1. The standard InChI is InChI=1S/C14H21FN2O2S/c1-3-12-6-4-5-7-17(12)20(18,19)14-9-11(16)8-13(15)10(14)2/h8-9,12H,3-7,16H2,1-2H3. The highest BCUT2D eigenvalue weighted by Crippen LogP contribution is 2.30. The molecule has 1 heterocycles. The van der Waals surface area contributed by atoms with Gasteiger partial charge in [-0.3, -0.25) is 0 Å². The Morgan fingerprint density at radius 1 is 1.40 bits per heavy atom. The van der Waals surface area contributed by atoms with Gasteiger partial charge in [0.2, 0.25) is 10.0 Å². The summed E-state index contributed by atoms with van der Waals surface area (Å²) in [6.45, 7) is 3.95. The minimum atomic E-state index is -3.69. The summed E-state index contributed by atoms with van der Waals surface area (Å²) in [7, 11) is -3.69. The number of nitrogens with two attached hydrogens (primary N) is 1. The van der Waals surface area contributed by atoms with E-state index in [1.807, 2.05) is 6.92 Å². The van der Waals surface area contributed by atoms with E-state index in [1.165, 1.54) is 17.3 Å². The van der Waals surface area contributed by atoms with Gasteiger partial charge in [-0.25, -0.2) is 12.8 Å². The molecular formula is C14H21FN2O2S. The predicted molar refractivity (Wildman–Crippen MR) is 77.4 cm³/mol. The van der Waals surface area contributed by atoms with Crippen LogP contribution in [0.15, 0.2) is 17.0 Å². The van der Waals surface area contributed by atoms with Crippen LogP contribution in [-0.2, 0) is 10.0 Å². The summed E-state index contributed by atoms with van der Waals surface area (Å²) in [5.41, 5.74) is 5.87. The predicted octanol–water partition coefficient (Wildman–Crippen LogP) is 2.67. The van der Waals surface area contributed by atoms with Crippen LogP contribution >= 0.6 is 0 Å². The molecule has 112 valence electrons. The summed E-state index contributed by atoms with van der Waals surface area (Å²) < 4.78 is 40.8. The van der Waals surface area contributed by atoms with Crippen molar-refractivity contribution >= 4 is 15.7 Å². The molecule has 0 saturated carbocycles. The molecule has 1 aromatic carbocycles. The van der Waals surface area contributed by atoms with E-state index in [0.717, 1.165) is 31.7 Å². The molecule has 0 amide bonds. The van der Waals surface area contributed by atoms with Crippen molar-refractivity contribution in [1.82, 2.24) is 4.31 Å². The Morgan fingerprint density at radius 2 is 2.10 bits per heavy atom. The smallest absolute Gasteiger partial charge is 0.243 e. The van der Waals surface area contributed by atoms with Gasteiger partial charge in [0.15, 0.2) is 0 Å². The Bertz CT molecular complexity index is 601. The summed E-state index contributed by atoms with van der Waals surface area (Å²) in [4.78, 5) is -0.00431. The van der Waals surface area contributed by atoms with Gasteiger partial charge in [0, 0.05) is 23.8 Å². The van der Waals surface area contributed by atoms with Crippen LogP contribution in [0.5, 0.6) is 0 Å². The number of rotatable bonds is 3. The molecule has 0 aliphatic carbocycles. The maximum atomic E-state index is 13.8. The lowest BCUT2D eigenvalue weighted by Gasteiger charge is -2.34. The Labute approximate surface area is 119 Å². The van der Waals surface area contributed by atoms with Gasteiger partial charge in [0.05, 0.1) is 4.90 Å². The van der Waals surface area contributed by atoms with Crippen LogP contribution in [0.2, 0.25) is 0 Å². The minimum Gasteiger partial charge on any atom is -0.399 e. The molecule has 1 aliphatic rings. The van der Waals surface area contributed by atoms with Gasteiger partial charge in [-0.05, 0) is 38.3 Å². The molecule has 2 N–H and O–H groups in total. The highest BCUT2D eigenvalue weighted by Gasteiger charge is 2.34. The first kappa shape index (κ1) is 15.3. The fraction of sp³-hybridized carbons (Fsp3) is 0.571. The SMILES string of the molecule is CCC1CCCCN1S(=O)(=O)c1cc(N)cc(F)c1C. The van der Waals surface area contributed by atoms with Crippen molar-refractivity contribution in [3.8, 4) is 0 Å². The lowest BCUT2D eigenvalue weighted by molar-refractivity contribution is 0.246. The number of hydrogen-bond donors (Lipinski definition) is 1. The first-order valence-electron chi connectivity index (χ1n) is 6.95. The quantitative estimate of drug-likeness (QED) is 0.873. The lowest BCUT2D eigenvalue weighted by Crippen LogP contribution is -2.43. The van der Waals surface area contributed by atoms with Crippen LogP contribution in [-0.4, -0.2) is 25.3 Å².